The highest BCUT2D eigenvalue weighted by Gasteiger charge is 2.23. The fraction of sp³-hybridized carbons (Fsp3) is 0.786. The smallest absolute Gasteiger partial charge is 0.278 e. The van der Waals surface area contributed by atoms with Gasteiger partial charge in [0.25, 0.3) is 10.2 Å². The maximum Gasteiger partial charge on any atom is 0.278 e. The number of piperidine rings is 1. The summed E-state index contributed by atoms with van der Waals surface area (Å²) >= 11 is 0. The van der Waals surface area contributed by atoms with Crippen molar-refractivity contribution < 1.29 is 8.42 Å². The van der Waals surface area contributed by atoms with Crippen LogP contribution < -0.4 is 4.72 Å². The van der Waals surface area contributed by atoms with Gasteiger partial charge in [-0.1, -0.05) is 6.42 Å². The zero-order valence-electron chi connectivity index (χ0n) is 13.7. The molecule has 1 saturated heterocycles. The standard InChI is InChI=1S/C14H27N5O2S/c1-17(2)22(20,21)16-8-7-14-6-4-5-9-19(14)12-13-10-15-18(3)11-13/h10-11,14,16H,4-9,12H2,1-3H3. The molecule has 7 nitrogen and oxygen atoms in total. The Morgan fingerprint density at radius 2 is 2.18 bits per heavy atom. The SMILES string of the molecule is CN(C)S(=O)(=O)NCCC1CCCCN1Cc1cnn(C)c1. The summed E-state index contributed by atoms with van der Waals surface area (Å²) in [4.78, 5) is 2.45. The van der Waals surface area contributed by atoms with Crippen LogP contribution in [-0.2, 0) is 23.8 Å². The second kappa shape index (κ2) is 7.54. The van der Waals surface area contributed by atoms with Gasteiger partial charge in [-0.2, -0.15) is 17.8 Å². The molecule has 1 N–H and O–H groups in total. The van der Waals surface area contributed by atoms with Gasteiger partial charge in [-0.15, -0.1) is 0 Å². The van der Waals surface area contributed by atoms with E-state index in [1.807, 2.05) is 24.1 Å². The second-order valence-corrected chi connectivity index (χ2v) is 8.08. The summed E-state index contributed by atoms with van der Waals surface area (Å²) in [5.41, 5.74) is 1.21. The van der Waals surface area contributed by atoms with Crippen LogP contribution in [0.5, 0.6) is 0 Å². The van der Waals surface area contributed by atoms with E-state index in [1.165, 1.54) is 36.8 Å². The molecule has 0 radical (unpaired) electrons. The summed E-state index contributed by atoms with van der Waals surface area (Å²) in [7, 11) is 1.68. The third kappa shape index (κ3) is 4.77. The first-order valence-electron chi connectivity index (χ1n) is 7.77. The van der Waals surface area contributed by atoms with Gasteiger partial charge in [-0.25, -0.2) is 4.72 Å². The van der Waals surface area contributed by atoms with Crippen LogP contribution >= 0.6 is 0 Å². The highest BCUT2D eigenvalue weighted by molar-refractivity contribution is 7.87. The molecule has 0 amide bonds. The first-order valence-corrected chi connectivity index (χ1v) is 9.21. The number of aromatic nitrogens is 2. The summed E-state index contributed by atoms with van der Waals surface area (Å²) in [5, 5.41) is 4.21. The molecule has 0 spiro atoms. The number of hydrogen-bond donors (Lipinski definition) is 1. The molecule has 8 heteroatoms. The van der Waals surface area contributed by atoms with Crippen molar-refractivity contribution in [3.8, 4) is 0 Å². The van der Waals surface area contributed by atoms with E-state index in [2.05, 4.69) is 14.7 Å². The molecule has 1 atom stereocenters. The summed E-state index contributed by atoms with van der Waals surface area (Å²) < 4.78 is 29.2. The summed E-state index contributed by atoms with van der Waals surface area (Å²) in [6.07, 6.45) is 8.34. The maximum absolute atomic E-state index is 11.7. The van der Waals surface area contributed by atoms with E-state index in [0.717, 1.165) is 25.9 Å². The van der Waals surface area contributed by atoms with Crippen molar-refractivity contribution in [1.29, 1.82) is 0 Å². The molecule has 2 heterocycles. The Bertz CT molecular complexity index is 570. The van der Waals surface area contributed by atoms with Gasteiger partial charge in [0.1, 0.15) is 0 Å². The molecular weight excluding hydrogens is 302 g/mol. The Hall–Kier alpha value is -0.960. The number of nitrogens with one attached hydrogen (secondary N) is 1. The van der Waals surface area contributed by atoms with Crippen molar-refractivity contribution >= 4 is 10.2 Å². The minimum absolute atomic E-state index is 0.429. The summed E-state index contributed by atoms with van der Waals surface area (Å²) in [5.74, 6) is 0. The normalized spacial score (nSPS) is 20.6. The van der Waals surface area contributed by atoms with Crippen LogP contribution in [0, 0.1) is 0 Å². The first kappa shape index (κ1) is 17.4. The highest BCUT2D eigenvalue weighted by atomic mass is 32.2. The zero-order valence-corrected chi connectivity index (χ0v) is 14.5. The van der Waals surface area contributed by atoms with E-state index in [4.69, 9.17) is 0 Å². The maximum atomic E-state index is 11.7. The topological polar surface area (TPSA) is 70.5 Å². The fourth-order valence-electron chi connectivity index (χ4n) is 2.87. The van der Waals surface area contributed by atoms with Crippen LogP contribution in [0.15, 0.2) is 12.4 Å². The van der Waals surface area contributed by atoms with Gasteiger partial charge >= 0.3 is 0 Å². The Balaban J connectivity index is 1.87. The van der Waals surface area contributed by atoms with Crippen molar-refractivity contribution in [3.05, 3.63) is 18.0 Å². The predicted molar refractivity (Wildman–Crippen MR) is 86.5 cm³/mol. The Morgan fingerprint density at radius 3 is 2.82 bits per heavy atom. The van der Waals surface area contributed by atoms with Crippen LogP contribution in [0.3, 0.4) is 0 Å². The van der Waals surface area contributed by atoms with E-state index in [9.17, 15) is 8.42 Å². The molecule has 0 saturated carbocycles. The minimum atomic E-state index is -3.32. The van der Waals surface area contributed by atoms with Gasteiger partial charge in [0, 0.05) is 52.0 Å². The fourth-order valence-corrected chi connectivity index (χ4v) is 3.50. The lowest BCUT2D eigenvalue weighted by Gasteiger charge is -2.35. The molecule has 126 valence electrons. The summed E-state index contributed by atoms with van der Waals surface area (Å²) in [6.45, 7) is 2.44. The molecule has 1 aliphatic heterocycles. The van der Waals surface area contributed by atoms with Crippen LogP contribution in [0.1, 0.15) is 31.2 Å². The lowest BCUT2D eigenvalue weighted by atomic mass is 9.99. The number of rotatable bonds is 7. The van der Waals surface area contributed by atoms with Crippen molar-refractivity contribution in [2.45, 2.75) is 38.3 Å². The quantitative estimate of drug-likeness (QED) is 0.793. The van der Waals surface area contributed by atoms with Crippen LogP contribution in [0.25, 0.3) is 0 Å². The zero-order chi connectivity index (χ0) is 16.2. The van der Waals surface area contributed by atoms with Gasteiger partial charge in [0.2, 0.25) is 0 Å². The highest BCUT2D eigenvalue weighted by Crippen LogP contribution is 2.21. The number of nitrogens with zero attached hydrogens (tertiary/aromatic N) is 4. The van der Waals surface area contributed by atoms with E-state index < -0.39 is 10.2 Å². The van der Waals surface area contributed by atoms with Crippen molar-refractivity contribution in [1.82, 2.24) is 23.7 Å². The van der Waals surface area contributed by atoms with E-state index in [-0.39, 0.29) is 0 Å². The molecule has 1 unspecified atom stereocenters. The van der Waals surface area contributed by atoms with Crippen LogP contribution in [0.2, 0.25) is 0 Å². The van der Waals surface area contributed by atoms with Crippen molar-refractivity contribution in [2.24, 2.45) is 7.05 Å². The number of likely N-dealkylation sites (tertiary alicyclic amines) is 1. The third-order valence-electron chi connectivity index (χ3n) is 4.14. The molecule has 1 aromatic rings. The van der Waals surface area contributed by atoms with Gasteiger partial charge in [-0.3, -0.25) is 9.58 Å². The van der Waals surface area contributed by atoms with Gasteiger partial charge < -0.3 is 0 Å². The second-order valence-electron chi connectivity index (χ2n) is 6.11. The van der Waals surface area contributed by atoms with Gasteiger partial charge in [0.15, 0.2) is 0 Å². The molecule has 0 aliphatic carbocycles. The first-order chi connectivity index (χ1) is 10.4. The van der Waals surface area contributed by atoms with Crippen LogP contribution in [-0.4, -0.2) is 60.6 Å². The van der Waals surface area contributed by atoms with Crippen molar-refractivity contribution in [3.63, 3.8) is 0 Å². The molecule has 1 aromatic heterocycles. The molecule has 1 fully saturated rings. The lowest BCUT2D eigenvalue weighted by Crippen LogP contribution is -2.42. The lowest BCUT2D eigenvalue weighted by molar-refractivity contribution is 0.133. The minimum Gasteiger partial charge on any atom is -0.296 e. The Labute approximate surface area is 133 Å². The summed E-state index contributed by atoms with van der Waals surface area (Å²) in [6, 6.07) is 0.429. The predicted octanol–water partition coefficient (Wildman–Crippen LogP) is 0.561. The molecule has 1 aliphatic rings. The number of hydrogen-bond acceptors (Lipinski definition) is 4. The van der Waals surface area contributed by atoms with E-state index >= 15 is 0 Å². The molecule has 2 rings (SSSR count). The molecule has 22 heavy (non-hydrogen) atoms. The average Bonchev–Trinajstić information content (AvgIpc) is 2.86. The number of aryl methyl sites for hydroxylation is 1. The average molecular weight is 329 g/mol. The largest absolute Gasteiger partial charge is 0.296 e. The molecule has 0 bridgehead atoms. The molecular formula is C14H27N5O2S. The van der Waals surface area contributed by atoms with Gasteiger partial charge in [-0.05, 0) is 25.8 Å². The van der Waals surface area contributed by atoms with E-state index in [0.29, 0.717) is 12.6 Å². The Morgan fingerprint density at radius 1 is 1.41 bits per heavy atom. The van der Waals surface area contributed by atoms with Crippen LogP contribution in [0.4, 0.5) is 0 Å². The third-order valence-corrected chi connectivity index (χ3v) is 5.67. The van der Waals surface area contributed by atoms with Gasteiger partial charge in [0.05, 0.1) is 6.20 Å². The molecule has 0 aromatic carbocycles. The monoisotopic (exact) mass is 329 g/mol. The van der Waals surface area contributed by atoms with Crippen molar-refractivity contribution in [2.75, 3.05) is 27.2 Å². The Kier molecular flexibility index (Phi) is 5.96. The van der Waals surface area contributed by atoms with E-state index in [1.54, 1.807) is 0 Å².